The number of tetrazole rings is 1. The van der Waals surface area contributed by atoms with Crippen molar-refractivity contribution in [3.05, 3.63) is 76.0 Å². The second-order valence-electron chi connectivity index (χ2n) is 6.08. The van der Waals surface area contributed by atoms with Crippen LogP contribution in [0.2, 0.25) is 0 Å². The zero-order valence-corrected chi connectivity index (χ0v) is 14.9. The molecule has 26 heavy (non-hydrogen) atoms. The minimum atomic E-state index is -0.371. The standard InChI is InChI=1S/C19H19FN4O2/c1-12(2)15-6-5-7-17(24-19(25)23(4)21-22-24)16(15)11-26-18-10-14(20)9-8-13(18)3/h5-10H,1,11H2,2-4H3. The number of ether oxygens (including phenoxy) is 1. The number of aryl methyl sites for hydroxylation is 2. The van der Waals surface area contributed by atoms with Gasteiger partial charge in [0.15, 0.2) is 0 Å². The van der Waals surface area contributed by atoms with Crippen molar-refractivity contribution in [2.75, 3.05) is 0 Å². The number of hydrogen-bond donors (Lipinski definition) is 0. The SMILES string of the molecule is C=C(C)c1cccc(-n2nnn(C)c2=O)c1COc1cc(F)ccc1C. The first-order valence-electron chi connectivity index (χ1n) is 8.04. The van der Waals surface area contributed by atoms with Gasteiger partial charge in [-0.15, -0.1) is 0 Å². The second kappa shape index (κ2) is 6.95. The van der Waals surface area contributed by atoms with E-state index in [4.69, 9.17) is 4.74 Å². The van der Waals surface area contributed by atoms with Crippen LogP contribution in [0.5, 0.6) is 5.75 Å². The summed E-state index contributed by atoms with van der Waals surface area (Å²) in [5.41, 5.74) is 3.39. The van der Waals surface area contributed by atoms with Crippen LogP contribution >= 0.6 is 0 Å². The Morgan fingerprint density at radius 1 is 1.27 bits per heavy atom. The average molecular weight is 354 g/mol. The summed E-state index contributed by atoms with van der Waals surface area (Å²) >= 11 is 0. The van der Waals surface area contributed by atoms with E-state index in [0.717, 1.165) is 26.9 Å². The van der Waals surface area contributed by atoms with Gasteiger partial charge >= 0.3 is 5.69 Å². The molecule has 134 valence electrons. The Labute approximate surface area is 150 Å². The molecule has 3 aromatic rings. The molecule has 0 saturated heterocycles. The lowest BCUT2D eigenvalue weighted by atomic mass is 10.0. The normalized spacial score (nSPS) is 10.8. The van der Waals surface area contributed by atoms with Gasteiger partial charge in [0.25, 0.3) is 0 Å². The number of aromatic nitrogens is 4. The van der Waals surface area contributed by atoms with Crippen LogP contribution in [0.4, 0.5) is 4.39 Å². The summed E-state index contributed by atoms with van der Waals surface area (Å²) in [6.45, 7) is 7.83. The summed E-state index contributed by atoms with van der Waals surface area (Å²) in [4.78, 5) is 12.3. The number of nitrogens with zero attached hydrogens (tertiary/aromatic N) is 4. The molecule has 6 nitrogen and oxygen atoms in total. The highest BCUT2D eigenvalue weighted by Gasteiger charge is 2.16. The van der Waals surface area contributed by atoms with E-state index in [-0.39, 0.29) is 18.1 Å². The minimum Gasteiger partial charge on any atom is -0.488 e. The molecule has 0 N–H and O–H groups in total. The zero-order valence-electron chi connectivity index (χ0n) is 14.9. The van der Waals surface area contributed by atoms with Crippen LogP contribution in [0.15, 0.2) is 47.8 Å². The van der Waals surface area contributed by atoms with Gasteiger partial charge in [-0.05, 0) is 47.5 Å². The molecular formula is C19H19FN4O2. The first-order chi connectivity index (χ1) is 12.4. The van der Waals surface area contributed by atoms with Crippen molar-refractivity contribution in [3.8, 4) is 11.4 Å². The van der Waals surface area contributed by atoms with Crippen molar-refractivity contribution >= 4 is 5.57 Å². The third-order valence-electron chi connectivity index (χ3n) is 4.08. The van der Waals surface area contributed by atoms with E-state index in [2.05, 4.69) is 17.0 Å². The highest BCUT2D eigenvalue weighted by Crippen LogP contribution is 2.26. The maximum absolute atomic E-state index is 13.5. The first kappa shape index (κ1) is 17.6. The van der Waals surface area contributed by atoms with Crippen molar-refractivity contribution < 1.29 is 9.13 Å². The predicted molar refractivity (Wildman–Crippen MR) is 96.8 cm³/mol. The fourth-order valence-corrected chi connectivity index (χ4v) is 2.67. The molecule has 0 saturated carbocycles. The number of rotatable bonds is 5. The fraction of sp³-hybridized carbons (Fsp3) is 0.211. The maximum atomic E-state index is 13.5. The Hall–Kier alpha value is -3.22. The highest BCUT2D eigenvalue weighted by molar-refractivity contribution is 5.68. The summed E-state index contributed by atoms with van der Waals surface area (Å²) in [7, 11) is 1.53. The number of halogens is 1. The average Bonchev–Trinajstić information content (AvgIpc) is 2.94. The van der Waals surface area contributed by atoms with Gasteiger partial charge in [-0.25, -0.2) is 9.18 Å². The molecule has 0 amide bonds. The fourth-order valence-electron chi connectivity index (χ4n) is 2.67. The van der Waals surface area contributed by atoms with Crippen LogP contribution in [0, 0.1) is 12.7 Å². The topological polar surface area (TPSA) is 61.9 Å². The number of hydrogen-bond acceptors (Lipinski definition) is 4. The lowest BCUT2D eigenvalue weighted by molar-refractivity contribution is 0.301. The quantitative estimate of drug-likeness (QED) is 0.707. The maximum Gasteiger partial charge on any atom is 0.368 e. The van der Waals surface area contributed by atoms with Gasteiger partial charge < -0.3 is 4.74 Å². The third kappa shape index (κ3) is 3.28. The zero-order chi connectivity index (χ0) is 18.8. The Morgan fingerprint density at radius 3 is 2.69 bits per heavy atom. The number of allylic oxidation sites excluding steroid dienone is 1. The molecule has 0 atom stereocenters. The van der Waals surface area contributed by atoms with Crippen LogP contribution < -0.4 is 10.4 Å². The Morgan fingerprint density at radius 2 is 2.04 bits per heavy atom. The van der Waals surface area contributed by atoms with Gasteiger partial charge in [0.05, 0.1) is 5.69 Å². The lowest BCUT2D eigenvalue weighted by Gasteiger charge is -2.16. The van der Waals surface area contributed by atoms with E-state index in [1.807, 2.05) is 26.0 Å². The van der Waals surface area contributed by atoms with Gasteiger partial charge in [0.2, 0.25) is 0 Å². The van der Waals surface area contributed by atoms with Gasteiger partial charge in [0.1, 0.15) is 18.2 Å². The molecule has 0 aliphatic rings. The van der Waals surface area contributed by atoms with E-state index in [9.17, 15) is 9.18 Å². The predicted octanol–water partition coefficient (Wildman–Crippen LogP) is 3.03. The Kier molecular flexibility index (Phi) is 4.71. The van der Waals surface area contributed by atoms with Crippen molar-refractivity contribution in [2.24, 2.45) is 7.05 Å². The van der Waals surface area contributed by atoms with E-state index >= 15 is 0 Å². The van der Waals surface area contributed by atoms with Gasteiger partial charge in [-0.1, -0.05) is 30.4 Å². The van der Waals surface area contributed by atoms with E-state index < -0.39 is 0 Å². The molecule has 2 aromatic carbocycles. The summed E-state index contributed by atoms with van der Waals surface area (Å²) in [6.07, 6.45) is 0. The summed E-state index contributed by atoms with van der Waals surface area (Å²) in [6, 6.07) is 9.85. The molecule has 0 aliphatic carbocycles. The number of benzene rings is 2. The summed E-state index contributed by atoms with van der Waals surface area (Å²) in [5.74, 6) is 0.0723. The molecule has 1 heterocycles. The lowest BCUT2D eigenvalue weighted by Crippen LogP contribution is -2.23. The molecule has 1 aromatic heterocycles. The molecule has 0 radical (unpaired) electrons. The van der Waals surface area contributed by atoms with Crippen molar-refractivity contribution in [3.63, 3.8) is 0 Å². The van der Waals surface area contributed by atoms with Gasteiger partial charge in [-0.3, -0.25) is 0 Å². The van der Waals surface area contributed by atoms with E-state index in [1.54, 1.807) is 12.1 Å². The highest BCUT2D eigenvalue weighted by atomic mass is 19.1. The largest absolute Gasteiger partial charge is 0.488 e. The minimum absolute atomic E-state index is 0.131. The summed E-state index contributed by atoms with van der Waals surface area (Å²) < 4.78 is 21.7. The van der Waals surface area contributed by atoms with Gasteiger partial charge in [0, 0.05) is 18.7 Å². The molecule has 3 rings (SSSR count). The molecule has 0 spiro atoms. The van der Waals surface area contributed by atoms with Crippen LogP contribution in [0.25, 0.3) is 11.3 Å². The smallest absolute Gasteiger partial charge is 0.368 e. The molecule has 0 aliphatic heterocycles. The molecule has 7 heteroatoms. The van der Waals surface area contributed by atoms with Crippen molar-refractivity contribution in [1.82, 2.24) is 19.8 Å². The van der Waals surface area contributed by atoms with Crippen molar-refractivity contribution in [1.29, 1.82) is 0 Å². The Bertz CT molecular complexity index is 1040. The van der Waals surface area contributed by atoms with Crippen LogP contribution in [0.1, 0.15) is 23.6 Å². The Balaban J connectivity index is 2.07. The monoisotopic (exact) mass is 354 g/mol. The van der Waals surface area contributed by atoms with Crippen LogP contribution in [0.3, 0.4) is 0 Å². The van der Waals surface area contributed by atoms with Crippen LogP contribution in [-0.2, 0) is 13.7 Å². The van der Waals surface area contributed by atoms with E-state index in [0.29, 0.717) is 11.4 Å². The summed E-state index contributed by atoms with van der Waals surface area (Å²) in [5, 5.41) is 7.66. The van der Waals surface area contributed by atoms with Crippen molar-refractivity contribution in [2.45, 2.75) is 20.5 Å². The molecule has 0 fully saturated rings. The molecule has 0 bridgehead atoms. The third-order valence-corrected chi connectivity index (χ3v) is 4.08. The molecule has 0 unspecified atom stereocenters. The van der Waals surface area contributed by atoms with Crippen LogP contribution in [-0.4, -0.2) is 19.8 Å². The molecular weight excluding hydrogens is 335 g/mol. The van der Waals surface area contributed by atoms with E-state index in [1.165, 1.54) is 23.9 Å². The second-order valence-corrected chi connectivity index (χ2v) is 6.08. The first-order valence-corrected chi connectivity index (χ1v) is 8.04. The van der Waals surface area contributed by atoms with Gasteiger partial charge in [-0.2, -0.15) is 9.36 Å².